The van der Waals surface area contributed by atoms with Crippen molar-refractivity contribution >= 4 is 22.8 Å². The topological polar surface area (TPSA) is 86.5 Å². The molecule has 1 atom stereocenters. The number of hydrogen-bond acceptors (Lipinski definition) is 6. The fraction of sp³-hybridized carbons (Fsp3) is 0.385. The van der Waals surface area contributed by atoms with Gasteiger partial charge in [-0.25, -0.2) is 19.2 Å². The van der Waals surface area contributed by atoms with Crippen LogP contribution in [0.25, 0.3) is 10.9 Å². The van der Waals surface area contributed by atoms with Crippen LogP contribution in [0.15, 0.2) is 47.4 Å². The number of unbranched alkanes of at least 4 members (excludes halogenated alkanes) is 2. The zero-order chi connectivity index (χ0) is 24.5. The number of nitrogens with zero attached hydrogens (tertiary/aromatic N) is 4. The second-order valence-electron chi connectivity index (χ2n) is 9.11. The Morgan fingerprint density at radius 1 is 1.17 bits per heavy atom. The van der Waals surface area contributed by atoms with Crippen molar-refractivity contribution < 1.29 is 18.7 Å². The highest BCUT2D eigenvalue weighted by Crippen LogP contribution is 2.28. The van der Waals surface area contributed by atoms with E-state index in [0.29, 0.717) is 60.9 Å². The summed E-state index contributed by atoms with van der Waals surface area (Å²) in [6.45, 7) is 4.77. The van der Waals surface area contributed by atoms with Crippen molar-refractivity contribution in [1.29, 1.82) is 0 Å². The molecule has 182 valence electrons. The van der Waals surface area contributed by atoms with E-state index in [1.54, 1.807) is 19.2 Å². The molecule has 2 aliphatic rings. The lowest BCUT2D eigenvalue weighted by molar-refractivity contribution is 0.135. The molecular weight excluding hydrogens is 451 g/mol. The molecule has 3 aromatic rings. The Balaban J connectivity index is 1.15. The largest absolute Gasteiger partial charge is 0.472 e. The summed E-state index contributed by atoms with van der Waals surface area (Å²) >= 11 is 0. The molecule has 9 heteroatoms. The molecule has 0 spiro atoms. The van der Waals surface area contributed by atoms with Gasteiger partial charge in [0.05, 0.1) is 18.3 Å². The average Bonchev–Trinajstić information content (AvgIpc) is 3.22. The first-order valence-corrected chi connectivity index (χ1v) is 11.8. The van der Waals surface area contributed by atoms with Crippen molar-refractivity contribution in [3.8, 4) is 5.88 Å². The van der Waals surface area contributed by atoms with E-state index < -0.39 is 6.09 Å². The van der Waals surface area contributed by atoms with E-state index in [1.807, 2.05) is 0 Å². The molecular formula is C26H27FN4O4. The van der Waals surface area contributed by atoms with Gasteiger partial charge in [0.1, 0.15) is 24.2 Å². The average molecular weight is 479 g/mol. The van der Waals surface area contributed by atoms with Gasteiger partial charge in [-0.05, 0) is 54.8 Å². The smallest absolute Gasteiger partial charge is 0.415 e. The molecule has 0 bridgehead atoms. The van der Waals surface area contributed by atoms with Gasteiger partial charge in [0.25, 0.3) is 5.56 Å². The molecule has 35 heavy (non-hydrogen) atoms. The number of pyridine rings is 1. The third kappa shape index (κ3) is 4.62. The number of aromatic nitrogens is 3. The molecule has 1 fully saturated rings. The van der Waals surface area contributed by atoms with Crippen LogP contribution in [0.5, 0.6) is 5.88 Å². The van der Waals surface area contributed by atoms with Crippen LogP contribution in [-0.2, 0) is 24.6 Å². The van der Waals surface area contributed by atoms with Gasteiger partial charge in [-0.3, -0.25) is 9.69 Å². The maximum Gasteiger partial charge on any atom is 0.415 e. The summed E-state index contributed by atoms with van der Waals surface area (Å²) in [7, 11) is 1.67. The molecule has 0 radical (unpaired) electrons. The number of amides is 1. The maximum absolute atomic E-state index is 14.6. The Labute approximate surface area is 202 Å². The Morgan fingerprint density at radius 3 is 2.86 bits per heavy atom. The summed E-state index contributed by atoms with van der Waals surface area (Å²) in [6.07, 6.45) is 5.13. The molecule has 4 heterocycles. The minimum absolute atomic E-state index is 0.155. The Hall–Kier alpha value is -3.75. The fourth-order valence-electron chi connectivity index (χ4n) is 4.72. The van der Waals surface area contributed by atoms with E-state index in [-0.39, 0.29) is 17.5 Å². The van der Waals surface area contributed by atoms with Crippen LogP contribution < -0.4 is 15.2 Å². The van der Waals surface area contributed by atoms with Gasteiger partial charge in [-0.1, -0.05) is 13.0 Å². The zero-order valence-electron chi connectivity index (χ0n) is 19.6. The van der Waals surface area contributed by atoms with E-state index >= 15 is 0 Å². The SMILES string of the molecule is C=C1COc2ncc(N3C[C@H](CCCCCc4c(F)ccc5ccc(=O)n(C)c45)OC3=O)nc2C1. The van der Waals surface area contributed by atoms with E-state index in [0.717, 1.165) is 30.2 Å². The zero-order valence-corrected chi connectivity index (χ0v) is 19.6. The number of fused-ring (bicyclic) bond motifs is 2. The van der Waals surface area contributed by atoms with Crippen LogP contribution in [0.3, 0.4) is 0 Å². The summed E-state index contributed by atoms with van der Waals surface area (Å²) < 4.78 is 27.1. The first-order valence-electron chi connectivity index (χ1n) is 11.8. The standard InChI is InChI=1S/C26H27FN4O4/c1-16-12-21-25(34-15-16)28-13-22(29-21)31-14-18(35-26(31)33)6-4-3-5-7-19-20(27)10-8-17-9-11-23(32)30(2)24(17)19/h8-11,13,18H,1,3-7,12,14-15H2,2H3/t18-/m0/s1. The van der Waals surface area contributed by atoms with Gasteiger partial charge < -0.3 is 14.0 Å². The van der Waals surface area contributed by atoms with Gasteiger partial charge in [0.15, 0.2) is 5.82 Å². The van der Waals surface area contributed by atoms with E-state index in [9.17, 15) is 14.0 Å². The Bertz CT molecular complexity index is 1370. The highest BCUT2D eigenvalue weighted by Gasteiger charge is 2.33. The minimum Gasteiger partial charge on any atom is -0.472 e. The summed E-state index contributed by atoms with van der Waals surface area (Å²) in [4.78, 5) is 34.8. The minimum atomic E-state index is -0.432. The lowest BCUT2D eigenvalue weighted by Gasteiger charge is -2.19. The monoisotopic (exact) mass is 478 g/mol. The van der Waals surface area contributed by atoms with E-state index in [4.69, 9.17) is 9.47 Å². The van der Waals surface area contributed by atoms with Gasteiger partial charge in [-0.2, -0.15) is 0 Å². The van der Waals surface area contributed by atoms with Crippen LogP contribution in [0.1, 0.15) is 36.9 Å². The summed E-state index contributed by atoms with van der Waals surface area (Å²) in [5.74, 6) is 0.638. The molecule has 0 N–H and O–H groups in total. The van der Waals surface area contributed by atoms with Crippen LogP contribution >= 0.6 is 0 Å². The molecule has 1 amide bonds. The fourth-order valence-corrected chi connectivity index (χ4v) is 4.72. The molecule has 5 rings (SSSR count). The Morgan fingerprint density at radius 2 is 2.00 bits per heavy atom. The second kappa shape index (κ2) is 9.48. The van der Waals surface area contributed by atoms with Gasteiger partial charge in [0.2, 0.25) is 5.88 Å². The van der Waals surface area contributed by atoms with E-state index in [1.165, 1.54) is 27.8 Å². The molecule has 0 aliphatic carbocycles. The van der Waals surface area contributed by atoms with Crippen LogP contribution in [0.2, 0.25) is 0 Å². The van der Waals surface area contributed by atoms with Crippen molar-refractivity contribution in [1.82, 2.24) is 14.5 Å². The lowest BCUT2D eigenvalue weighted by atomic mass is 10.0. The predicted molar refractivity (Wildman–Crippen MR) is 129 cm³/mol. The lowest BCUT2D eigenvalue weighted by Crippen LogP contribution is -2.27. The molecule has 0 saturated carbocycles. The van der Waals surface area contributed by atoms with Crippen molar-refractivity contribution in [3.05, 3.63) is 70.0 Å². The second-order valence-corrected chi connectivity index (χ2v) is 9.11. The normalized spacial score (nSPS) is 17.4. The number of benzene rings is 1. The summed E-state index contributed by atoms with van der Waals surface area (Å²) in [5, 5.41) is 0.850. The van der Waals surface area contributed by atoms with E-state index in [2.05, 4.69) is 16.5 Å². The number of halogens is 1. The van der Waals surface area contributed by atoms with Crippen molar-refractivity contribution in [3.63, 3.8) is 0 Å². The predicted octanol–water partition coefficient (Wildman–Crippen LogP) is 4.09. The number of carbonyl (C=O) groups excluding carboxylic acids is 1. The van der Waals surface area contributed by atoms with Crippen LogP contribution in [-0.4, -0.2) is 39.9 Å². The number of aryl methyl sites for hydroxylation is 2. The number of hydrogen-bond donors (Lipinski definition) is 0. The molecule has 2 aliphatic heterocycles. The van der Waals surface area contributed by atoms with Gasteiger partial charge >= 0.3 is 6.09 Å². The highest BCUT2D eigenvalue weighted by molar-refractivity contribution is 5.88. The van der Waals surface area contributed by atoms with Crippen molar-refractivity contribution in [2.24, 2.45) is 7.05 Å². The summed E-state index contributed by atoms with van der Waals surface area (Å²) in [5.41, 5.74) is 2.65. The first kappa shape index (κ1) is 23.0. The van der Waals surface area contributed by atoms with Crippen molar-refractivity contribution in [2.75, 3.05) is 18.1 Å². The van der Waals surface area contributed by atoms with Crippen LogP contribution in [0.4, 0.5) is 15.0 Å². The highest BCUT2D eigenvalue weighted by atomic mass is 19.1. The molecule has 0 unspecified atom stereocenters. The molecule has 1 aromatic carbocycles. The summed E-state index contributed by atoms with van der Waals surface area (Å²) in [6, 6.07) is 6.39. The molecule has 1 saturated heterocycles. The number of rotatable bonds is 7. The molecule has 2 aromatic heterocycles. The first-order chi connectivity index (χ1) is 16.9. The third-order valence-corrected chi connectivity index (χ3v) is 6.56. The maximum atomic E-state index is 14.6. The van der Waals surface area contributed by atoms with Gasteiger partial charge in [0, 0.05) is 25.1 Å². The van der Waals surface area contributed by atoms with Crippen molar-refractivity contribution in [2.45, 2.75) is 44.6 Å². The number of ether oxygens (including phenoxy) is 2. The van der Waals surface area contributed by atoms with Crippen LogP contribution in [0, 0.1) is 5.82 Å². The third-order valence-electron chi connectivity index (χ3n) is 6.56. The number of carbonyl (C=O) groups is 1. The number of anilines is 1. The number of cyclic esters (lactones) is 1. The molecule has 8 nitrogen and oxygen atoms in total. The Kier molecular flexibility index (Phi) is 6.23. The quantitative estimate of drug-likeness (QED) is 0.376. The van der Waals surface area contributed by atoms with Gasteiger partial charge in [-0.15, -0.1) is 0 Å².